The summed E-state index contributed by atoms with van der Waals surface area (Å²) < 4.78 is 1.51. The minimum Gasteiger partial charge on any atom is -0.325 e. The molecule has 0 aliphatic rings. The molecule has 0 spiro atoms. The lowest BCUT2D eigenvalue weighted by molar-refractivity contribution is -0.113. The Morgan fingerprint density at radius 1 is 1.29 bits per heavy atom. The number of hydrogen-bond acceptors (Lipinski definition) is 4. The summed E-state index contributed by atoms with van der Waals surface area (Å²) in [5.74, 6) is -0.0364. The van der Waals surface area contributed by atoms with Crippen molar-refractivity contribution >= 4 is 45.9 Å². The zero-order valence-electron chi connectivity index (χ0n) is 15.7. The van der Waals surface area contributed by atoms with E-state index in [1.54, 1.807) is 24.3 Å². The molecule has 0 unspecified atom stereocenters. The first-order chi connectivity index (χ1) is 13.4. The summed E-state index contributed by atoms with van der Waals surface area (Å²) in [6, 6.07) is 10.8. The van der Waals surface area contributed by atoms with E-state index in [1.807, 2.05) is 32.0 Å². The standard InChI is InChI=1S/C21H20ClN3O2S/c1-4-9-25-20(27)16-7-6-15(22)11-18(16)24-21(25)28-12-19(26)23-17-8-5-13(2)10-14(17)3/h4-8,10-11H,1,9,12H2,2-3H3,(H,23,26). The number of aryl methyl sites for hydroxylation is 2. The number of nitrogens with zero attached hydrogens (tertiary/aromatic N) is 2. The van der Waals surface area contributed by atoms with E-state index >= 15 is 0 Å². The zero-order valence-corrected chi connectivity index (χ0v) is 17.2. The van der Waals surface area contributed by atoms with E-state index < -0.39 is 0 Å². The number of allylic oxidation sites excluding steroid dienone is 1. The minimum atomic E-state index is -0.182. The Balaban J connectivity index is 1.84. The summed E-state index contributed by atoms with van der Waals surface area (Å²) >= 11 is 7.24. The molecule has 0 saturated carbocycles. The van der Waals surface area contributed by atoms with Crippen LogP contribution in [0.5, 0.6) is 0 Å². The molecule has 1 heterocycles. The summed E-state index contributed by atoms with van der Waals surface area (Å²) in [5, 5.41) is 4.34. The van der Waals surface area contributed by atoms with Gasteiger partial charge in [0.05, 0.1) is 16.7 Å². The third-order valence-electron chi connectivity index (χ3n) is 4.18. The number of halogens is 1. The van der Waals surface area contributed by atoms with Crippen LogP contribution in [0.4, 0.5) is 5.69 Å². The van der Waals surface area contributed by atoms with Crippen molar-refractivity contribution in [1.29, 1.82) is 0 Å². The Labute approximate surface area is 172 Å². The second kappa shape index (κ2) is 8.63. The molecule has 144 valence electrons. The van der Waals surface area contributed by atoms with Crippen molar-refractivity contribution in [3.8, 4) is 0 Å². The maximum atomic E-state index is 12.8. The van der Waals surface area contributed by atoms with Gasteiger partial charge < -0.3 is 5.32 Å². The molecule has 0 aliphatic heterocycles. The Morgan fingerprint density at radius 3 is 2.79 bits per heavy atom. The number of anilines is 1. The van der Waals surface area contributed by atoms with E-state index in [-0.39, 0.29) is 17.2 Å². The number of thioether (sulfide) groups is 1. The van der Waals surface area contributed by atoms with Crippen LogP contribution in [0.3, 0.4) is 0 Å². The second-order valence-corrected chi connectivity index (χ2v) is 7.79. The normalized spacial score (nSPS) is 10.8. The van der Waals surface area contributed by atoms with Gasteiger partial charge in [0.2, 0.25) is 5.91 Å². The van der Waals surface area contributed by atoms with E-state index in [9.17, 15) is 9.59 Å². The lowest BCUT2D eigenvalue weighted by atomic mass is 10.1. The van der Waals surface area contributed by atoms with Crippen LogP contribution in [0, 0.1) is 13.8 Å². The van der Waals surface area contributed by atoms with Crippen molar-refractivity contribution in [2.24, 2.45) is 0 Å². The van der Waals surface area contributed by atoms with E-state index in [0.717, 1.165) is 16.8 Å². The largest absolute Gasteiger partial charge is 0.325 e. The van der Waals surface area contributed by atoms with Crippen LogP contribution >= 0.6 is 23.4 Å². The third-order valence-corrected chi connectivity index (χ3v) is 5.39. The molecular weight excluding hydrogens is 394 g/mol. The Bertz CT molecular complexity index is 1120. The summed E-state index contributed by atoms with van der Waals surface area (Å²) in [6.45, 7) is 7.97. The number of hydrogen-bond donors (Lipinski definition) is 1. The van der Waals surface area contributed by atoms with Gasteiger partial charge in [0.25, 0.3) is 5.56 Å². The number of carbonyl (C=O) groups excluding carboxylic acids is 1. The fourth-order valence-electron chi connectivity index (χ4n) is 2.84. The van der Waals surface area contributed by atoms with Gasteiger partial charge in [-0.15, -0.1) is 6.58 Å². The Morgan fingerprint density at radius 2 is 2.07 bits per heavy atom. The molecule has 0 saturated heterocycles. The topological polar surface area (TPSA) is 64.0 Å². The van der Waals surface area contributed by atoms with Crippen molar-refractivity contribution < 1.29 is 4.79 Å². The molecule has 0 bridgehead atoms. The maximum absolute atomic E-state index is 12.8. The van der Waals surface area contributed by atoms with Gasteiger partial charge in [-0.1, -0.05) is 47.1 Å². The minimum absolute atomic E-state index is 0.128. The highest BCUT2D eigenvalue weighted by Gasteiger charge is 2.13. The number of rotatable bonds is 6. The highest BCUT2D eigenvalue weighted by molar-refractivity contribution is 7.99. The van der Waals surface area contributed by atoms with E-state index in [4.69, 9.17) is 11.6 Å². The fourth-order valence-corrected chi connectivity index (χ4v) is 3.82. The first-order valence-corrected chi connectivity index (χ1v) is 10.1. The molecule has 28 heavy (non-hydrogen) atoms. The first kappa shape index (κ1) is 20.2. The van der Waals surface area contributed by atoms with Gasteiger partial charge in [-0.25, -0.2) is 4.98 Å². The van der Waals surface area contributed by atoms with Crippen molar-refractivity contribution in [3.05, 3.63) is 75.6 Å². The maximum Gasteiger partial charge on any atom is 0.262 e. The number of amides is 1. The molecule has 1 amide bonds. The molecule has 3 aromatic rings. The summed E-state index contributed by atoms with van der Waals surface area (Å²) in [4.78, 5) is 29.7. The van der Waals surface area contributed by atoms with Gasteiger partial charge in [0.1, 0.15) is 0 Å². The molecule has 3 rings (SSSR count). The first-order valence-electron chi connectivity index (χ1n) is 8.70. The molecule has 0 aliphatic carbocycles. The number of benzene rings is 2. The van der Waals surface area contributed by atoms with Crippen molar-refractivity contribution in [2.45, 2.75) is 25.5 Å². The molecule has 5 nitrogen and oxygen atoms in total. The fraction of sp³-hybridized carbons (Fsp3) is 0.190. The van der Waals surface area contributed by atoms with Crippen LogP contribution in [0.15, 0.2) is 59.0 Å². The van der Waals surface area contributed by atoms with E-state index in [1.165, 1.54) is 16.3 Å². The molecule has 0 fully saturated rings. The monoisotopic (exact) mass is 413 g/mol. The van der Waals surface area contributed by atoms with Gasteiger partial charge in [-0.3, -0.25) is 14.2 Å². The molecule has 2 aromatic carbocycles. The van der Waals surface area contributed by atoms with Crippen LogP contribution in [-0.2, 0) is 11.3 Å². The molecule has 7 heteroatoms. The summed E-state index contributed by atoms with van der Waals surface area (Å²) in [6.07, 6.45) is 1.63. The quantitative estimate of drug-likeness (QED) is 0.365. The third kappa shape index (κ3) is 4.46. The van der Waals surface area contributed by atoms with E-state index in [2.05, 4.69) is 16.9 Å². The van der Waals surface area contributed by atoms with Crippen LogP contribution in [0.2, 0.25) is 5.02 Å². The molecular formula is C21H20ClN3O2S. The van der Waals surface area contributed by atoms with Gasteiger partial charge in [-0.05, 0) is 43.7 Å². The van der Waals surface area contributed by atoms with Gasteiger partial charge in [0, 0.05) is 17.3 Å². The van der Waals surface area contributed by atoms with Crippen molar-refractivity contribution in [3.63, 3.8) is 0 Å². The van der Waals surface area contributed by atoms with Gasteiger partial charge >= 0.3 is 0 Å². The molecule has 0 radical (unpaired) electrons. The number of carbonyl (C=O) groups is 1. The smallest absolute Gasteiger partial charge is 0.262 e. The van der Waals surface area contributed by atoms with Gasteiger partial charge in [0.15, 0.2) is 5.16 Å². The Hall–Kier alpha value is -2.57. The highest BCUT2D eigenvalue weighted by Crippen LogP contribution is 2.21. The zero-order chi connectivity index (χ0) is 20.3. The molecule has 0 atom stereocenters. The second-order valence-electron chi connectivity index (χ2n) is 6.42. The number of nitrogens with one attached hydrogen (secondary N) is 1. The predicted molar refractivity (Wildman–Crippen MR) is 116 cm³/mol. The van der Waals surface area contributed by atoms with Crippen LogP contribution in [-0.4, -0.2) is 21.2 Å². The highest BCUT2D eigenvalue weighted by atomic mass is 35.5. The average molecular weight is 414 g/mol. The number of aromatic nitrogens is 2. The van der Waals surface area contributed by atoms with Crippen molar-refractivity contribution in [1.82, 2.24) is 9.55 Å². The van der Waals surface area contributed by atoms with E-state index in [0.29, 0.717) is 27.6 Å². The Kier molecular flexibility index (Phi) is 6.21. The SMILES string of the molecule is C=CCn1c(SCC(=O)Nc2ccc(C)cc2C)nc2cc(Cl)ccc2c1=O. The van der Waals surface area contributed by atoms with Crippen LogP contribution in [0.1, 0.15) is 11.1 Å². The predicted octanol–water partition coefficient (Wildman–Crippen LogP) is 4.58. The summed E-state index contributed by atoms with van der Waals surface area (Å²) in [7, 11) is 0. The lowest BCUT2D eigenvalue weighted by Gasteiger charge is -2.12. The summed E-state index contributed by atoms with van der Waals surface area (Å²) in [5.41, 5.74) is 3.24. The lowest BCUT2D eigenvalue weighted by Crippen LogP contribution is -2.24. The van der Waals surface area contributed by atoms with Crippen LogP contribution < -0.4 is 10.9 Å². The molecule has 1 N–H and O–H groups in total. The van der Waals surface area contributed by atoms with Crippen LogP contribution in [0.25, 0.3) is 10.9 Å². The molecule has 1 aromatic heterocycles. The average Bonchev–Trinajstić information content (AvgIpc) is 2.65. The van der Waals surface area contributed by atoms with Crippen molar-refractivity contribution in [2.75, 3.05) is 11.1 Å². The number of fused-ring (bicyclic) bond motifs is 1. The van der Waals surface area contributed by atoms with Gasteiger partial charge in [-0.2, -0.15) is 0 Å².